The molecule has 0 aromatic heterocycles. The molecule has 182 valence electrons. The minimum Gasteiger partial charge on any atom is -0.511 e. The predicted molar refractivity (Wildman–Crippen MR) is 118 cm³/mol. The van der Waals surface area contributed by atoms with Crippen molar-refractivity contribution in [2.75, 3.05) is 11.5 Å². The molecule has 0 saturated heterocycles. The second kappa shape index (κ2) is 15.3. The molecule has 0 aromatic carbocycles. The van der Waals surface area contributed by atoms with Gasteiger partial charge in [-0.2, -0.15) is 0 Å². The lowest BCUT2D eigenvalue weighted by molar-refractivity contribution is -0.141. The highest BCUT2D eigenvalue weighted by Crippen LogP contribution is 2.24. The van der Waals surface area contributed by atoms with Crippen LogP contribution in [0.3, 0.4) is 0 Å². The van der Waals surface area contributed by atoms with E-state index in [0.29, 0.717) is 0 Å². The van der Waals surface area contributed by atoms with Gasteiger partial charge in [0.15, 0.2) is 0 Å². The topological polar surface area (TPSA) is 242 Å². The van der Waals surface area contributed by atoms with Crippen molar-refractivity contribution in [2.45, 2.75) is 49.9 Å². The molecule has 4 unspecified atom stereocenters. The summed E-state index contributed by atoms with van der Waals surface area (Å²) in [7, 11) is 2.16. The van der Waals surface area contributed by atoms with Gasteiger partial charge < -0.3 is 42.5 Å². The highest BCUT2D eigenvalue weighted by atomic mass is 33.1. The zero-order valence-electron chi connectivity index (χ0n) is 17.1. The third kappa shape index (κ3) is 13.0. The first kappa shape index (κ1) is 29.5. The summed E-state index contributed by atoms with van der Waals surface area (Å²) in [5, 5.41) is 41.0. The Morgan fingerprint density at radius 1 is 0.719 bits per heavy atom. The van der Waals surface area contributed by atoms with Crippen molar-refractivity contribution in [3.63, 3.8) is 0 Å². The van der Waals surface area contributed by atoms with Gasteiger partial charge in [-0.05, 0) is 12.8 Å². The van der Waals surface area contributed by atoms with Gasteiger partial charge in [-0.3, -0.25) is 19.2 Å². The lowest BCUT2D eigenvalue weighted by atomic mass is 10.1. The first-order valence-electron chi connectivity index (χ1n) is 9.25. The van der Waals surface area contributed by atoms with E-state index in [9.17, 15) is 34.2 Å². The maximum atomic E-state index is 11.9. The Morgan fingerprint density at radius 3 is 1.44 bits per heavy atom. The van der Waals surface area contributed by atoms with Crippen LogP contribution in [-0.2, 0) is 24.0 Å². The molecule has 0 aliphatic rings. The molecule has 2 amide bonds. The normalized spacial score (nSPS) is 14.4. The Kier molecular flexibility index (Phi) is 14.1. The van der Waals surface area contributed by atoms with E-state index in [4.69, 9.17) is 21.7 Å². The zero-order chi connectivity index (χ0) is 24.8. The van der Waals surface area contributed by atoms with E-state index < -0.39 is 53.9 Å². The van der Waals surface area contributed by atoms with Gasteiger partial charge in [0.25, 0.3) is 0 Å². The van der Waals surface area contributed by atoms with E-state index in [1.165, 1.54) is 0 Å². The molecule has 13 nitrogen and oxygen atoms in total. The summed E-state index contributed by atoms with van der Waals surface area (Å²) < 4.78 is 0. The molecular formula is C17H28N4O9S2. The van der Waals surface area contributed by atoms with Crippen molar-refractivity contribution in [1.82, 2.24) is 10.6 Å². The van der Waals surface area contributed by atoms with Crippen LogP contribution in [0.2, 0.25) is 0 Å². The monoisotopic (exact) mass is 496 g/mol. The largest absolute Gasteiger partial charge is 0.511 e. The quantitative estimate of drug-likeness (QED) is 0.0676. The Hall–Kier alpha value is -2.49. The van der Waals surface area contributed by atoms with E-state index in [-0.39, 0.29) is 42.9 Å². The average molecular weight is 497 g/mol. The van der Waals surface area contributed by atoms with E-state index in [2.05, 4.69) is 17.2 Å². The fraction of sp³-hybridized carbons (Fsp3) is 0.588. The van der Waals surface area contributed by atoms with Crippen LogP contribution in [-0.4, -0.2) is 85.8 Å². The van der Waals surface area contributed by atoms with Gasteiger partial charge in [0, 0.05) is 24.3 Å². The van der Waals surface area contributed by atoms with Gasteiger partial charge in [0.05, 0.1) is 6.04 Å². The number of carboxylic acids is 3. The number of aliphatic hydroxyl groups excluding tert-OH is 1. The third-order valence-corrected chi connectivity index (χ3v) is 6.34. The maximum absolute atomic E-state index is 11.9. The molecule has 0 saturated carbocycles. The van der Waals surface area contributed by atoms with Crippen molar-refractivity contribution < 1.29 is 44.4 Å². The van der Waals surface area contributed by atoms with Crippen LogP contribution >= 0.6 is 21.6 Å². The van der Waals surface area contributed by atoms with Crippen molar-refractivity contribution in [1.29, 1.82) is 0 Å². The molecule has 0 aromatic rings. The average Bonchev–Trinajstić information content (AvgIpc) is 2.70. The van der Waals surface area contributed by atoms with E-state index in [0.717, 1.165) is 21.6 Å². The number of carbonyl (C=O) groups excluding carboxylic acids is 2. The third-order valence-electron chi connectivity index (χ3n) is 3.92. The van der Waals surface area contributed by atoms with Gasteiger partial charge in [-0.25, -0.2) is 4.79 Å². The van der Waals surface area contributed by atoms with Gasteiger partial charge in [0.2, 0.25) is 11.8 Å². The second-order valence-electron chi connectivity index (χ2n) is 6.61. The number of nitrogens with two attached hydrogens (primary N) is 2. The molecule has 0 fully saturated rings. The summed E-state index contributed by atoms with van der Waals surface area (Å²) in [6, 6.07) is -4.53. The van der Waals surface area contributed by atoms with Gasteiger partial charge >= 0.3 is 17.9 Å². The van der Waals surface area contributed by atoms with Crippen molar-refractivity contribution in [3.05, 3.63) is 12.3 Å². The van der Waals surface area contributed by atoms with Crippen LogP contribution in [0.15, 0.2) is 12.3 Å². The number of hydrogen-bond donors (Lipinski definition) is 8. The van der Waals surface area contributed by atoms with Crippen LogP contribution in [0.5, 0.6) is 0 Å². The smallest absolute Gasteiger partial charge is 0.327 e. The SMILES string of the molecule is C=C(O)C(CSSCC(NC(=O)CCC(N)C(=O)O)C(=O)O)NC(=O)CCC(N)C(=O)O. The van der Waals surface area contributed by atoms with Crippen LogP contribution in [0.1, 0.15) is 25.7 Å². The van der Waals surface area contributed by atoms with E-state index in [1.54, 1.807) is 0 Å². The van der Waals surface area contributed by atoms with Crippen LogP contribution < -0.4 is 22.1 Å². The molecule has 0 aliphatic heterocycles. The van der Waals surface area contributed by atoms with Crippen LogP contribution in [0.4, 0.5) is 0 Å². The lowest BCUT2D eigenvalue weighted by Gasteiger charge is -2.18. The highest BCUT2D eigenvalue weighted by Gasteiger charge is 2.23. The Bertz CT molecular complexity index is 650. The second-order valence-corrected chi connectivity index (χ2v) is 9.16. The standard InChI is InChI=1S/C17H28N4O9S2/c1-8(22)11(20-13(23)4-2-9(18)15(25)26)6-31-32-7-12(17(29)30)21-14(24)5-3-10(19)16(27)28/h9-12,22H,1-7,18-19H2,(H,20,23)(H,21,24)(H,25,26)(H,27,28)(H,29,30). The molecule has 32 heavy (non-hydrogen) atoms. The molecule has 0 spiro atoms. The number of amides is 2. The summed E-state index contributed by atoms with van der Waals surface area (Å²) in [6.07, 6.45) is -0.662. The van der Waals surface area contributed by atoms with Crippen molar-refractivity contribution >= 4 is 51.3 Å². The van der Waals surface area contributed by atoms with Gasteiger partial charge in [-0.15, -0.1) is 0 Å². The fourth-order valence-corrected chi connectivity index (χ4v) is 4.34. The first-order valence-corrected chi connectivity index (χ1v) is 11.7. The molecule has 4 atom stereocenters. The minimum atomic E-state index is -1.29. The molecule has 0 heterocycles. The summed E-state index contributed by atoms with van der Waals surface area (Å²) in [4.78, 5) is 56.3. The summed E-state index contributed by atoms with van der Waals surface area (Å²) in [5.41, 5.74) is 10.6. The first-order chi connectivity index (χ1) is 14.8. The maximum Gasteiger partial charge on any atom is 0.327 e. The summed E-state index contributed by atoms with van der Waals surface area (Å²) >= 11 is 0. The molecular weight excluding hydrogens is 468 g/mol. The van der Waals surface area contributed by atoms with E-state index in [1.807, 2.05) is 0 Å². The molecule has 0 bridgehead atoms. The van der Waals surface area contributed by atoms with Crippen molar-refractivity contribution in [2.24, 2.45) is 11.5 Å². The molecule has 0 rings (SSSR count). The zero-order valence-corrected chi connectivity index (χ0v) is 18.7. The highest BCUT2D eigenvalue weighted by molar-refractivity contribution is 8.76. The number of hydrogen-bond acceptors (Lipinski definition) is 10. The van der Waals surface area contributed by atoms with Crippen LogP contribution in [0.25, 0.3) is 0 Å². The predicted octanol–water partition coefficient (Wildman–Crippen LogP) is -1.12. The number of aliphatic carboxylic acids is 3. The number of carboxylic acid groups (broad SMARTS) is 3. The molecule has 0 radical (unpaired) electrons. The fourth-order valence-electron chi connectivity index (χ4n) is 1.98. The Morgan fingerprint density at radius 2 is 1.09 bits per heavy atom. The number of rotatable bonds is 17. The number of carbonyl (C=O) groups is 5. The Balaban J connectivity index is 4.46. The molecule has 15 heteroatoms. The van der Waals surface area contributed by atoms with Gasteiger partial charge in [-0.1, -0.05) is 28.2 Å². The van der Waals surface area contributed by atoms with Gasteiger partial charge in [0.1, 0.15) is 23.9 Å². The Labute approximate surface area is 191 Å². The van der Waals surface area contributed by atoms with Crippen molar-refractivity contribution in [3.8, 4) is 0 Å². The number of nitrogens with one attached hydrogen (secondary N) is 2. The number of aliphatic hydroxyl groups is 1. The molecule has 0 aliphatic carbocycles. The summed E-state index contributed by atoms with van der Waals surface area (Å²) in [6.45, 7) is 3.36. The molecule has 10 N–H and O–H groups in total. The van der Waals surface area contributed by atoms with Crippen LogP contribution in [0, 0.1) is 0 Å². The van der Waals surface area contributed by atoms with E-state index >= 15 is 0 Å². The lowest BCUT2D eigenvalue weighted by Crippen LogP contribution is -2.43. The minimum absolute atomic E-state index is 0.0528. The summed E-state index contributed by atoms with van der Waals surface area (Å²) in [5.74, 6) is -5.27.